The van der Waals surface area contributed by atoms with Crippen molar-refractivity contribution in [2.24, 2.45) is 0 Å². The molecule has 98 valence electrons. The van der Waals surface area contributed by atoms with Gasteiger partial charge in [0.25, 0.3) is 0 Å². The minimum Gasteiger partial charge on any atom is -0.354 e. The molecule has 5 heteroatoms. The summed E-state index contributed by atoms with van der Waals surface area (Å²) in [7, 11) is 0. The first-order valence-corrected chi connectivity index (χ1v) is 6.36. The maximum Gasteiger partial charge on any atom is 0.219 e. The molecule has 0 radical (unpaired) electrons. The molecule has 1 amide bonds. The molecule has 0 aliphatic carbocycles. The fraction of sp³-hybridized carbons (Fsp3) is 0.538. The van der Waals surface area contributed by atoms with Crippen LogP contribution in [-0.2, 0) is 4.79 Å². The molecule has 0 aromatic carbocycles. The molecule has 0 unspecified atom stereocenters. The van der Waals surface area contributed by atoms with Crippen molar-refractivity contribution >= 4 is 11.7 Å². The summed E-state index contributed by atoms with van der Waals surface area (Å²) in [5.74, 6) is 0.242. The minimum atomic E-state index is -0.466. The van der Waals surface area contributed by atoms with E-state index in [0.717, 1.165) is 19.4 Å². The number of amides is 1. The topological polar surface area (TPSA) is 45.2 Å². The molecule has 0 saturated carbocycles. The van der Waals surface area contributed by atoms with Crippen molar-refractivity contribution in [3.63, 3.8) is 0 Å². The average molecular weight is 251 g/mol. The van der Waals surface area contributed by atoms with E-state index in [2.05, 4.69) is 10.3 Å². The summed E-state index contributed by atoms with van der Waals surface area (Å²) < 4.78 is 13.1. The van der Waals surface area contributed by atoms with E-state index in [0.29, 0.717) is 18.8 Å². The predicted octanol–water partition coefficient (Wildman–Crippen LogP) is 1.72. The molecule has 1 aromatic heterocycles. The summed E-state index contributed by atoms with van der Waals surface area (Å²) in [5, 5.41) is 2.98. The fourth-order valence-corrected chi connectivity index (χ4v) is 2.21. The monoisotopic (exact) mass is 251 g/mol. The van der Waals surface area contributed by atoms with Crippen LogP contribution >= 0.6 is 0 Å². The van der Waals surface area contributed by atoms with Crippen LogP contribution in [0.4, 0.5) is 10.2 Å². The molecule has 18 heavy (non-hydrogen) atoms. The summed E-state index contributed by atoms with van der Waals surface area (Å²) in [4.78, 5) is 17.3. The quantitative estimate of drug-likeness (QED) is 0.832. The van der Waals surface area contributed by atoms with Gasteiger partial charge in [-0.2, -0.15) is 4.39 Å². The van der Waals surface area contributed by atoms with Crippen LogP contribution in [0, 0.1) is 5.95 Å². The van der Waals surface area contributed by atoms with Gasteiger partial charge in [0.2, 0.25) is 11.9 Å². The van der Waals surface area contributed by atoms with Crippen LogP contribution in [0.3, 0.4) is 0 Å². The van der Waals surface area contributed by atoms with Crippen molar-refractivity contribution in [3.05, 3.63) is 24.1 Å². The van der Waals surface area contributed by atoms with Gasteiger partial charge in [0, 0.05) is 25.6 Å². The maximum atomic E-state index is 13.1. The number of carbonyl (C=O) groups excluding carboxylic acids is 1. The Morgan fingerprint density at radius 3 is 3.17 bits per heavy atom. The van der Waals surface area contributed by atoms with Crippen molar-refractivity contribution in [3.8, 4) is 0 Å². The van der Waals surface area contributed by atoms with Gasteiger partial charge in [-0.25, -0.2) is 4.98 Å². The van der Waals surface area contributed by atoms with Crippen LogP contribution < -0.4 is 10.2 Å². The van der Waals surface area contributed by atoms with Crippen molar-refractivity contribution in [1.29, 1.82) is 0 Å². The van der Waals surface area contributed by atoms with Crippen LogP contribution in [-0.4, -0.2) is 30.0 Å². The van der Waals surface area contributed by atoms with Crippen LogP contribution in [0.5, 0.6) is 0 Å². The molecule has 0 bridgehead atoms. The Morgan fingerprint density at radius 2 is 2.44 bits per heavy atom. The van der Waals surface area contributed by atoms with E-state index >= 15 is 0 Å². The van der Waals surface area contributed by atoms with E-state index in [-0.39, 0.29) is 11.9 Å². The molecule has 4 nitrogen and oxygen atoms in total. The first-order valence-electron chi connectivity index (χ1n) is 6.36. The highest BCUT2D eigenvalue weighted by molar-refractivity contribution is 5.75. The van der Waals surface area contributed by atoms with Crippen molar-refractivity contribution < 1.29 is 9.18 Å². The van der Waals surface area contributed by atoms with Gasteiger partial charge in [-0.05, 0) is 25.0 Å². The lowest BCUT2D eigenvalue weighted by Gasteiger charge is -2.33. The Kier molecular flexibility index (Phi) is 4.12. The summed E-state index contributed by atoms with van der Waals surface area (Å²) in [6.45, 7) is 3.39. The number of aromatic nitrogens is 1. The van der Waals surface area contributed by atoms with Crippen LogP contribution in [0.15, 0.2) is 18.2 Å². The smallest absolute Gasteiger partial charge is 0.219 e. The van der Waals surface area contributed by atoms with Gasteiger partial charge in [-0.15, -0.1) is 0 Å². The number of hydrogen-bond acceptors (Lipinski definition) is 3. The van der Waals surface area contributed by atoms with Gasteiger partial charge in [-0.1, -0.05) is 13.0 Å². The molecule has 1 atom stereocenters. The second-order valence-corrected chi connectivity index (χ2v) is 4.52. The van der Waals surface area contributed by atoms with Gasteiger partial charge in [-0.3, -0.25) is 4.79 Å². The molecule has 1 aliphatic heterocycles. The summed E-state index contributed by atoms with van der Waals surface area (Å²) in [6, 6.07) is 4.93. The highest BCUT2D eigenvalue weighted by Crippen LogP contribution is 2.18. The van der Waals surface area contributed by atoms with Crippen LogP contribution in [0.2, 0.25) is 0 Å². The second kappa shape index (κ2) is 5.80. The zero-order chi connectivity index (χ0) is 13.0. The van der Waals surface area contributed by atoms with Gasteiger partial charge in [0.1, 0.15) is 5.82 Å². The van der Waals surface area contributed by atoms with Gasteiger partial charge in [0.15, 0.2) is 0 Å². The fourth-order valence-electron chi connectivity index (χ4n) is 2.21. The number of pyridine rings is 1. The van der Waals surface area contributed by atoms with E-state index in [4.69, 9.17) is 0 Å². The molecular weight excluding hydrogens is 233 g/mol. The number of piperidine rings is 1. The number of halogens is 1. The lowest BCUT2D eigenvalue weighted by molar-refractivity contribution is -0.121. The number of nitrogens with one attached hydrogen (secondary N) is 1. The third kappa shape index (κ3) is 3.18. The largest absolute Gasteiger partial charge is 0.354 e. The van der Waals surface area contributed by atoms with Gasteiger partial charge in [0.05, 0.1) is 0 Å². The van der Waals surface area contributed by atoms with Crippen LogP contribution in [0.25, 0.3) is 0 Å². The second-order valence-electron chi connectivity index (χ2n) is 4.52. The Morgan fingerprint density at radius 1 is 1.61 bits per heavy atom. The average Bonchev–Trinajstić information content (AvgIpc) is 2.39. The molecule has 0 spiro atoms. The van der Waals surface area contributed by atoms with E-state index in [9.17, 15) is 9.18 Å². The highest BCUT2D eigenvalue weighted by atomic mass is 19.1. The van der Waals surface area contributed by atoms with E-state index in [1.54, 1.807) is 12.1 Å². The zero-order valence-electron chi connectivity index (χ0n) is 10.5. The third-order valence-corrected chi connectivity index (χ3v) is 3.13. The molecular formula is C13H18FN3O. The zero-order valence-corrected chi connectivity index (χ0v) is 10.5. The SMILES string of the molecule is CCC(=O)N[C@H]1CCCN(c2cccc(F)n2)C1. The van der Waals surface area contributed by atoms with Crippen LogP contribution in [0.1, 0.15) is 26.2 Å². The number of anilines is 1. The van der Waals surface area contributed by atoms with E-state index in [1.807, 2.05) is 11.8 Å². The highest BCUT2D eigenvalue weighted by Gasteiger charge is 2.21. The van der Waals surface area contributed by atoms with Crippen molar-refractivity contribution in [1.82, 2.24) is 10.3 Å². The van der Waals surface area contributed by atoms with E-state index < -0.39 is 5.95 Å². The molecule has 1 aromatic rings. The Bertz CT molecular complexity index is 424. The minimum absolute atomic E-state index is 0.0639. The Labute approximate surface area is 106 Å². The number of carbonyl (C=O) groups is 1. The standard InChI is InChI=1S/C13H18FN3O/c1-2-13(18)15-10-5-4-8-17(9-10)12-7-3-6-11(14)16-12/h3,6-7,10H,2,4-5,8-9H2,1H3,(H,15,18)/t10-/m0/s1. The summed E-state index contributed by atoms with van der Waals surface area (Å²) in [5.41, 5.74) is 0. The number of rotatable bonds is 3. The number of hydrogen-bond donors (Lipinski definition) is 1. The lowest BCUT2D eigenvalue weighted by Crippen LogP contribution is -2.47. The first-order chi connectivity index (χ1) is 8.69. The normalized spacial score (nSPS) is 19.7. The van der Waals surface area contributed by atoms with Crippen molar-refractivity contribution in [2.45, 2.75) is 32.2 Å². The third-order valence-electron chi connectivity index (χ3n) is 3.13. The molecule has 2 rings (SSSR count). The van der Waals surface area contributed by atoms with Gasteiger partial charge < -0.3 is 10.2 Å². The van der Waals surface area contributed by atoms with Crippen molar-refractivity contribution in [2.75, 3.05) is 18.0 Å². The Hall–Kier alpha value is -1.65. The predicted molar refractivity (Wildman–Crippen MR) is 67.9 cm³/mol. The van der Waals surface area contributed by atoms with Gasteiger partial charge >= 0.3 is 0 Å². The molecule has 1 saturated heterocycles. The number of nitrogens with zero attached hydrogens (tertiary/aromatic N) is 2. The molecule has 1 N–H and O–H groups in total. The van der Waals surface area contributed by atoms with E-state index in [1.165, 1.54) is 6.07 Å². The maximum absolute atomic E-state index is 13.1. The lowest BCUT2D eigenvalue weighted by atomic mass is 10.1. The summed E-state index contributed by atoms with van der Waals surface area (Å²) in [6.07, 6.45) is 2.44. The Balaban J connectivity index is 2.00. The molecule has 1 aliphatic rings. The molecule has 2 heterocycles. The molecule has 1 fully saturated rings. The first kappa shape index (κ1) is 12.8. The summed E-state index contributed by atoms with van der Waals surface area (Å²) >= 11 is 0.